The minimum absolute atomic E-state index is 0.0151. The molecule has 0 aliphatic carbocycles. The van der Waals surface area contributed by atoms with Gasteiger partial charge >= 0.3 is 5.97 Å². The molecule has 0 amide bonds. The molecule has 0 radical (unpaired) electrons. The van der Waals surface area contributed by atoms with E-state index in [9.17, 15) is 4.79 Å². The monoisotopic (exact) mass is 237 g/mol. The highest BCUT2D eigenvalue weighted by atomic mass is 16.5. The largest absolute Gasteiger partial charge is 0.489 e. The van der Waals surface area contributed by atoms with Crippen molar-refractivity contribution in [3.05, 3.63) is 23.8 Å². The van der Waals surface area contributed by atoms with E-state index in [1.807, 2.05) is 6.92 Å². The number of nitrogen functional groups attached to an aromatic ring is 1. The molecule has 0 aliphatic heterocycles. The van der Waals surface area contributed by atoms with Crippen LogP contribution in [0, 0.1) is 5.92 Å². The van der Waals surface area contributed by atoms with Crippen LogP contribution in [0.25, 0.3) is 0 Å². The van der Waals surface area contributed by atoms with E-state index in [0.717, 1.165) is 6.42 Å². The average molecular weight is 237 g/mol. The van der Waals surface area contributed by atoms with Gasteiger partial charge in [0.15, 0.2) is 0 Å². The molecule has 0 saturated carbocycles. The first-order valence-electron chi connectivity index (χ1n) is 5.70. The van der Waals surface area contributed by atoms with E-state index in [4.69, 9.17) is 15.6 Å². The zero-order valence-corrected chi connectivity index (χ0v) is 10.4. The zero-order chi connectivity index (χ0) is 13.0. The highest BCUT2D eigenvalue weighted by molar-refractivity contribution is 5.95. The van der Waals surface area contributed by atoms with Crippen LogP contribution in [-0.2, 0) is 0 Å². The van der Waals surface area contributed by atoms with Gasteiger partial charge in [0.1, 0.15) is 5.75 Å². The van der Waals surface area contributed by atoms with Crippen molar-refractivity contribution in [1.29, 1.82) is 0 Å². The number of para-hydroxylation sites is 1. The number of carbonyl (C=O) groups is 1. The smallest absolute Gasteiger partial charge is 0.337 e. The fraction of sp³-hybridized carbons (Fsp3) is 0.462. The summed E-state index contributed by atoms with van der Waals surface area (Å²) in [5, 5.41) is 8.93. The van der Waals surface area contributed by atoms with E-state index >= 15 is 0 Å². The quantitative estimate of drug-likeness (QED) is 0.772. The second-order valence-electron chi connectivity index (χ2n) is 4.58. The Balaban J connectivity index is 2.85. The van der Waals surface area contributed by atoms with Crippen molar-refractivity contribution < 1.29 is 14.6 Å². The van der Waals surface area contributed by atoms with Gasteiger partial charge in [-0.3, -0.25) is 0 Å². The van der Waals surface area contributed by atoms with Gasteiger partial charge in [-0.25, -0.2) is 4.79 Å². The summed E-state index contributed by atoms with van der Waals surface area (Å²) in [5.41, 5.74) is 6.03. The SMILES string of the molecule is CC(C)CC(C)Oc1cccc(C(=O)O)c1N. The molecule has 1 atom stereocenters. The van der Waals surface area contributed by atoms with Crippen LogP contribution in [0.15, 0.2) is 18.2 Å². The van der Waals surface area contributed by atoms with Crippen LogP contribution in [0.4, 0.5) is 5.69 Å². The Morgan fingerprint density at radius 2 is 2.06 bits per heavy atom. The third-order valence-corrected chi connectivity index (χ3v) is 2.43. The summed E-state index contributed by atoms with van der Waals surface area (Å²) in [7, 11) is 0. The molecule has 0 heterocycles. The minimum atomic E-state index is -1.04. The molecule has 4 nitrogen and oxygen atoms in total. The molecule has 0 aliphatic rings. The number of ether oxygens (including phenoxy) is 1. The van der Waals surface area contributed by atoms with Crippen molar-refractivity contribution in [3.63, 3.8) is 0 Å². The van der Waals surface area contributed by atoms with Crippen molar-refractivity contribution >= 4 is 11.7 Å². The van der Waals surface area contributed by atoms with Gasteiger partial charge in [0.25, 0.3) is 0 Å². The number of carboxylic acid groups (broad SMARTS) is 1. The molecule has 1 unspecified atom stereocenters. The molecule has 0 spiro atoms. The molecular weight excluding hydrogens is 218 g/mol. The Labute approximate surface area is 101 Å². The van der Waals surface area contributed by atoms with Crippen molar-refractivity contribution in [2.75, 3.05) is 5.73 Å². The van der Waals surface area contributed by atoms with Crippen molar-refractivity contribution in [2.24, 2.45) is 5.92 Å². The predicted molar refractivity (Wildman–Crippen MR) is 67.4 cm³/mol. The lowest BCUT2D eigenvalue weighted by molar-refractivity contribution is 0.0697. The molecule has 0 saturated heterocycles. The first-order valence-corrected chi connectivity index (χ1v) is 5.70. The molecular formula is C13H19NO3. The Hall–Kier alpha value is -1.71. The second-order valence-corrected chi connectivity index (χ2v) is 4.58. The maximum Gasteiger partial charge on any atom is 0.337 e. The second kappa shape index (κ2) is 5.57. The van der Waals surface area contributed by atoms with E-state index in [1.54, 1.807) is 12.1 Å². The van der Waals surface area contributed by atoms with Crippen LogP contribution < -0.4 is 10.5 Å². The molecule has 1 aromatic carbocycles. The Bertz CT molecular complexity index is 402. The van der Waals surface area contributed by atoms with Gasteiger partial charge in [-0.1, -0.05) is 19.9 Å². The maximum atomic E-state index is 10.9. The topological polar surface area (TPSA) is 72.5 Å². The summed E-state index contributed by atoms with van der Waals surface area (Å²) < 4.78 is 5.66. The zero-order valence-electron chi connectivity index (χ0n) is 10.4. The van der Waals surface area contributed by atoms with Crippen LogP contribution in [0.5, 0.6) is 5.75 Å². The van der Waals surface area contributed by atoms with Crippen LogP contribution in [-0.4, -0.2) is 17.2 Å². The summed E-state index contributed by atoms with van der Waals surface area (Å²) in [6.07, 6.45) is 0.915. The van der Waals surface area contributed by atoms with Crippen LogP contribution in [0.1, 0.15) is 37.6 Å². The van der Waals surface area contributed by atoms with Crippen LogP contribution in [0.2, 0.25) is 0 Å². The third kappa shape index (κ3) is 3.66. The van der Waals surface area contributed by atoms with E-state index < -0.39 is 5.97 Å². The Morgan fingerprint density at radius 1 is 1.41 bits per heavy atom. The summed E-state index contributed by atoms with van der Waals surface area (Å²) in [6, 6.07) is 4.80. The lowest BCUT2D eigenvalue weighted by Crippen LogP contribution is -2.16. The predicted octanol–water partition coefficient (Wildman–Crippen LogP) is 2.78. The number of benzene rings is 1. The van der Waals surface area contributed by atoms with Crippen molar-refractivity contribution in [3.8, 4) is 5.75 Å². The molecule has 0 bridgehead atoms. The molecule has 94 valence electrons. The molecule has 17 heavy (non-hydrogen) atoms. The Morgan fingerprint density at radius 3 is 2.59 bits per heavy atom. The fourth-order valence-electron chi connectivity index (χ4n) is 1.76. The minimum Gasteiger partial charge on any atom is -0.489 e. The average Bonchev–Trinajstić information content (AvgIpc) is 2.19. The lowest BCUT2D eigenvalue weighted by atomic mass is 10.1. The van der Waals surface area contributed by atoms with Gasteiger partial charge in [-0.2, -0.15) is 0 Å². The first-order chi connectivity index (χ1) is 7.91. The van der Waals surface area contributed by atoms with E-state index in [0.29, 0.717) is 11.7 Å². The fourth-order valence-corrected chi connectivity index (χ4v) is 1.76. The number of carboxylic acids is 1. The normalized spacial score (nSPS) is 12.5. The van der Waals surface area contributed by atoms with E-state index in [1.165, 1.54) is 6.07 Å². The lowest BCUT2D eigenvalue weighted by Gasteiger charge is -2.18. The highest BCUT2D eigenvalue weighted by Crippen LogP contribution is 2.27. The van der Waals surface area contributed by atoms with Crippen molar-refractivity contribution in [1.82, 2.24) is 0 Å². The molecule has 0 fully saturated rings. The first kappa shape index (κ1) is 13.4. The third-order valence-electron chi connectivity index (χ3n) is 2.43. The number of hydrogen-bond acceptors (Lipinski definition) is 3. The molecule has 3 N–H and O–H groups in total. The summed E-state index contributed by atoms with van der Waals surface area (Å²) in [4.78, 5) is 10.9. The summed E-state index contributed by atoms with van der Waals surface area (Å²) in [6.45, 7) is 6.17. The molecule has 4 heteroatoms. The van der Waals surface area contributed by atoms with Crippen LogP contribution >= 0.6 is 0 Å². The van der Waals surface area contributed by atoms with Gasteiger partial charge < -0.3 is 15.6 Å². The van der Waals surface area contributed by atoms with Crippen molar-refractivity contribution in [2.45, 2.75) is 33.3 Å². The number of aromatic carboxylic acids is 1. The van der Waals surface area contributed by atoms with Gasteiger partial charge in [-0.05, 0) is 31.4 Å². The van der Waals surface area contributed by atoms with Gasteiger partial charge in [0.05, 0.1) is 17.4 Å². The number of nitrogens with two attached hydrogens (primary N) is 1. The van der Waals surface area contributed by atoms with E-state index in [-0.39, 0.29) is 17.4 Å². The van der Waals surface area contributed by atoms with Gasteiger partial charge in [0.2, 0.25) is 0 Å². The number of rotatable bonds is 5. The number of anilines is 1. The molecule has 1 aromatic rings. The standard InChI is InChI=1S/C13H19NO3/c1-8(2)7-9(3)17-11-6-4-5-10(12(11)14)13(15)16/h4-6,8-9H,7,14H2,1-3H3,(H,15,16). The van der Waals surface area contributed by atoms with Gasteiger partial charge in [0, 0.05) is 0 Å². The highest BCUT2D eigenvalue weighted by Gasteiger charge is 2.14. The van der Waals surface area contributed by atoms with Crippen LogP contribution in [0.3, 0.4) is 0 Å². The maximum absolute atomic E-state index is 10.9. The summed E-state index contributed by atoms with van der Waals surface area (Å²) >= 11 is 0. The molecule has 1 rings (SSSR count). The van der Waals surface area contributed by atoms with Gasteiger partial charge in [-0.15, -0.1) is 0 Å². The molecule has 0 aromatic heterocycles. The number of hydrogen-bond donors (Lipinski definition) is 2. The van der Waals surface area contributed by atoms with E-state index in [2.05, 4.69) is 13.8 Å². The summed E-state index contributed by atoms with van der Waals surface area (Å²) in [5.74, 6) is -0.0728. The Kier molecular flexibility index (Phi) is 4.37.